The summed E-state index contributed by atoms with van der Waals surface area (Å²) in [7, 11) is 0. The first-order valence-corrected chi connectivity index (χ1v) is 42.7. The Bertz CT molecular complexity index is 6650. The number of pyridine rings is 2. The van der Waals surface area contributed by atoms with Crippen LogP contribution in [0, 0.1) is 0 Å². The highest BCUT2D eigenvalue weighted by molar-refractivity contribution is 7.19. The normalized spacial score (nSPS) is 10.3. The van der Waals surface area contributed by atoms with Crippen molar-refractivity contribution in [3.8, 4) is 125 Å². The fourth-order valence-corrected chi connectivity index (χ4v) is 13.9. The minimum absolute atomic E-state index is 0.422. The fraction of sp³-hybridized carbons (Fsp3) is 0. The molecule has 0 aliphatic rings. The van der Waals surface area contributed by atoms with Gasteiger partial charge in [0.25, 0.3) is 0 Å². The lowest BCUT2D eigenvalue weighted by Gasteiger charge is -2.09. The highest BCUT2D eigenvalue weighted by Crippen LogP contribution is 2.32. The van der Waals surface area contributed by atoms with Crippen LogP contribution in [0.15, 0.2) is 423 Å². The van der Waals surface area contributed by atoms with Crippen molar-refractivity contribution in [3.63, 3.8) is 0 Å². The van der Waals surface area contributed by atoms with Gasteiger partial charge in [0.05, 0.1) is 66.8 Å². The number of rotatable bonds is 18. The lowest BCUT2D eigenvalue weighted by molar-refractivity contribution is 1.05. The maximum Gasteiger partial charge on any atom is 0.198 e. The molecule has 0 unspecified atom stereocenters. The van der Waals surface area contributed by atoms with E-state index in [-0.39, 0.29) is 0 Å². The average molecular weight is 1740 g/mol. The topological polar surface area (TPSA) is 271 Å². The Hall–Kier alpha value is -18.4. The number of thiazole rings is 1. The summed E-state index contributed by atoms with van der Waals surface area (Å²) in [6.45, 7) is 26.2. The average Bonchev–Trinajstić information content (AvgIpc) is 1.20. The summed E-state index contributed by atoms with van der Waals surface area (Å²) in [6.07, 6.45) is 27.1. The van der Waals surface area contributed by atoms with Crippen molar-refractivity contribution in [1.29, 1.82) is 0 Å². The van der Waals surface area contributed by atoms with E-state index >= 15 is 0 Å². The summed E-state index contributed by atoms with van der Waals surface area (Å²) in [5, 5.41) is 3.21. The number of hydrogen-bond acceptors (Lipinski definition) is 22. The third kappa shape index (κ3) is 24.2. The van der Waals surface area contributed by atoms with Gasteiger partial charge in [-0.1, -0.05) is 295 Å². The Morgan fingerprint density at radius 2 is 0.534 bits per heavy atom. The SMILES string of the molecule is C=Cc1cc(-c2ccccc2)nc(-c2ccccc2)n1.C=Cc1cc(-c2ncccn2)nc(-c2ncccn2)n1.C=Cc1ccc(-c2nc(-c3ccccc3)cc(-c3ccccc3)n2)cc1.C=Cc1ccc2ccc3cccnc3c2n1.C=Cc1nc(-c2ccccc2)cc(-c2ccccc2)n1.C=Cc1nc(-c2ncccn2)cc(-c2ncccn2)n1.C=Cc1nc2ccccc2s1. The zero-order valence-electron chi connectivity index (χ0n) is 72.1. The molecule has 0 atom stereocenters. The molecule has 0 radical (unpaired) electrons. The van der Waals surface area contributed by atoms with Gasteiger partial charge in [-0.3, -0.25) is 4.98 Å². The summed E-state index contributed by atoms with van der Waals surface area (Å²) in [4.78, 5) is 91.9. The summed E-state index contributed by atoms with van der Waals surface area (Å²) in [5.74, 6) is 5.02. The highest BCUT2D eigenvalue weighted by Gasteiger charge is 2.16. The van der Waals surface area contributed by atoms with E-state index < -0.39 is 0 Å². The molecule has 9 aromatic carbocycles. The van der Waals surface area contributed by atoms with E-state index in [0.29, 0.717) is 63.5 Å². The predicted octanol–water partition coefficient (Wildman–Crippen LogP) is 25.5. The molecule has 0 saturated heterocycles. The maximum absolute atomic E-state index is 4.82. The van der Waals surface area contributed by atoms with E-state index in [1.165, 1.54) is 4.70 Å². The molecule has 0 bridgehead atoms. The molecule has 21 nitrogen and oxygen atoms in total. The van der Waals surface area contributed by atoms with Gasteiger partial charge in [0.1, 0.15) is 22.1 Å². The van der Waals surface area contributed by atoms with Crippen molar-refractivity contribution >= 4 is 85.9 Å². The van der Waals surface area contributed by atoms with E-state index in [2.05, 4.69) is 183 Å². The Labute approximate surface area is 773 Å². The van der Waals surface area contributed by atoms with Crippen LogP contribution in [0.5, 0.6) is 0 Å². The van der Waals surface area contributed by atoms with Crippen LogP contribution < -0.4 is 0 Å². The van der Waals surface area contributed by atoms with Crippen LogP contribution in [0.2, 0.25) is 0 Å². The Balaban J connectivity index is 0.000000120. The van der Waals surface area contributed by atoms with Crippen LogP contribution in [0.1, 0.15) is 39.3 Å². The van der Waals surface area contributed by atoms with Crippen molar-refractivity contribution in [2.24, 2.45) is 0 Å². The Kier molecular flexibility index (Phi) is 30.7. The number of para-hydroxylation sites is 1. The van der Waals surface area contributed by atoms with Crippen molar-refractivity contribution in [2.75, 3.05) is 0 Å². The number of benzene rings is 9. The minimum Gasteiger partial charge on any atom is -0.254 e. The number of aromatic nitrogens is 21. The van der Waals surface area contributed by atoms with Gasteiger partial charge in [0.15, 0.2) is 52.4 Å². The monoisotopic (exact) mass is 1740 g/mol. The fourth-order valence-electron chi connectivity index (χ4n) is 13.1. The van der Waals surface area contributed by atoms with E-state index in [1.54, 1.807) is 140 Å². The Morgan fingerprint density at radius 1 is 0.195 bits per heavy atom. The van der Waals surface area contributed by atoms with E-state index in [0.717, 1.165) is 128 Å². The molecule has 0 N–H and O–H groups in total. The van der Waals surface area contributed by atoms with E-state index in [9.17, 15) is 0 Å². The molecule has 0 aliphatic heterocycles. The lowest BCUT2D eigenvalue weighted by Crippen LogP contribution is -1.99. The van der Waals surface area contributed by atoms with Crippen molar-refractivity contribution in [3.05, 3.63) is 463 Å². The molecule has 12 aromatic heterocycles. The Morgan fingerprint density at radius 3 is 0.962 bits per heavy atom. The molecule has 133 heavy (non-hydrogen) atoms. The van der Waals surface area contributed by atoms with E-state index in [1.807, 2.05) is 249 Å². The molecule has 21 rings (SSSR count). The summed E-state index contributed by atoms with van der Waals surface area (Å²) in [6, 6.07) is 106. The van der Waals surface area contributed by atoms with Crippen LogP contribution in [-0.2, 0) is 0 Å². The first kappa shape index (κ1) is 89.4. The summed E-state index contributed by atoms with van der Waals surface area (Å²) in [5.41, 5.74) is 20.2. The van der Waals surface area contributed by atoms with Crippen LogP contribution in [-0.4, -0.2) is 105 Å². The first-order valence-electron chi connectivity index (χ1n) is 41.9. The molecule has 638 valence electrons. The molecule has 21 aromatic rings. The van der Waals surface area contributed by atoms with Gasteiger partial charge in [0.2, 0.25) is 0 Å². The first-order chi connectivity index (χ1) is 65.6. The van der Waals surface area contributed by atoms with Crippen LogP contribution in [0.3, 0.4) is 0 Å². The van der Waals surface area contributed by atoms with E-state index in [4.69, 9.17) is 9.97 Å². The second-order valence-corrected chi connectivity index (χ2v) is 29.5. The number of fused-ring (bicyclic) bond motifs is 4. The zero-order valence-corrected chi connectivity index (χ0v) is 72.9. The third-order valence-electron chi connectivity index (χ3n) is 19.6. The molecule has 0 amide bonds. The quantitative estimate of drug-likeness (QED) is 0.0722. The molecule has 22 heteroatoms. The van der Waals surface area contributed by atoms with Gasteiger partial charge in [-0.15, -0.1) is 11.3 Å². The zero-order chi connectivity index (χ0) is 91.6. The van der Waals surface area contributed by atoms with Gasteiger partial charge < -0.3 is 0 Å². The highest BCUT2D eigenvalue weighted by atomic mass is 32.1. The molecular weight excluding hydrogens is 1660 g/mol. The van der Waals surface area contributed by atoms with Crippen molar-refractivity contribution in [1.82, 2.24) is 105 Å². The van der Waals surface area contributed by atoms with Gasteiger partial charge >= 0.3 is 0 Å². The lowest BCUT2D eigenvalue weighted by atomic mass is 10.1. The largest absolute Gasteiger partial charge is 0.254 e. The van der Waals surface area contributed by atoms with Crippen molar-refractivity contribution < 1.29 is 0 Å². The second-order valence-electron chi connectivity index (χ2n) is 28.5. The summed E-state index contributed by atoms with van der Waals surface area (Å²) < 4.78 is 1.22. The predicted molar refractivity (Wildman–Crippen MR) is 540 cm³/mol. The number of nitrogens with zero attached hydrogens (tertiary/aromatic N) is 21. The van der Waals surface area contributed by atoms with Crippen molar-refractivity contribution in [2.45, 2.75) is 0 Å². The van der Waals surface area contributed by atoms with Crippen LogP contribution in [0.4, 0.5) is 0 Å². The molecular formula is C111H83N21S. The smallest absolute Gasteiger partial charge is 0.198 e. The molecule has 12 heterocycles. The maximum atomic E-state index is 4.82. The standard InChI is InChI=1S/C24H18N2.2C18H14N2.2C14H10N6.C14H10N2.C9H7NS/c1-2-18-13-15-21(16-14-18)24-25-22(19-9-5-3-6-10-19)17-23(26-24)20-11-7-4-8-12-20;1-2-18-19-16(14-9-5-3-6-10-14)13-17(20-18)15-11-7-4-8-12-15;1-2-16-13-17(14-9-5-3-6-10-14)20-18(19-16)15-11-7-4-8-12-15;1-2-12-19-10(13-15-5-3-6-16-13)9-11(20-12)14-17-7-4-8-18-14;1-2-10-9-11(12-15-5-3-6-16-12)20-14(19-10)13-17-7-4-8-18-13;1-2-12-8-7-11-6-5-10-4-3-9-15-13(10)14(11)16-12;1-2-9-10-7-5-3-4-6-8(7)11-9/h2-17H,1H2;2*2-13H,1H2;2*2-9H,1H2;2-9H,1H2;2-6H,1H2. The molecule has 0 spiro atoms. The molecule has 0 saturated carbocycles. The summed E-state index contributed by atoms with van der Waals surface area (Å²) >= 11 is 1.67. The van der Waals surface area contributed by atoms with Crippen LogP contribution >= 0.6 is 11.3 Å². The van der Waals surface area contributed by atoms with Gasteiger partial charge in [-0.05, 0) is 121 Å². The molecule has 0 aliphatic carbocycles. The molecule has 0 fully saturated rings. The second kappa shape index (κ2) is 45.7. The van der Waals surface area contributed by atoms with Gasteiger partial charge in [-0.2, -0.15) is 0 Å². The van der Waals surface area contributed by atoms with Gasteiger partial charge in [-0.25, -0.2) is 99.7 Å². The third-order valence-corrected chi connectivity index (χ3v) is 20.6. The van der Waals surface area contributed by atoms with Crippen LogP contribution in [0.25, 0.3) is 200 Å². The minimum atomic E-state index is 0.422. The van der Waals surface area contributed by atoms with Gasteiger partial charge in [0, 0.05) is 105 Å². The number of hydrogen-bond donors (Lipinski definition) is 0.